The minimum atomic E-state index is 0.231. The molecule has 1 fully saturated rings. The molecule has 0 aromatic rings. The molecule has 0 spiro atoms. The molecule has 0 N–H and O–H groups in total. The molecule has 1 rings (SSSR count). The Bertz CT molecular complexity index is 556. The van der Waals surface area contributed by atoms with E-state index in [1.54, 1.807) is 0 Å². The molecule has 1 saturated heterocycles. The van der Waals surface area contributed by atoms with Crippen LogP contribution in [-0.2, 0) is 4.74 Å². The van der Waals surface area contributed by atoms with E-state index in [1.807, 2.05) is 0 Å². The minimum Gasteiger partial charge on any atom is -0.375 e. The second kappa shape index (κ2) is 35.8. The Balaban J connectivity index is 2.29. The van der Waals surface area contributed by atoms with Crippen LogP contribution in [-0.4, -0.2) is 12.2 Å². The Hall–Kier alpha value is -0.0400. The van der Waals surface area contributed by atoms with Gasteiger partial charge in [0.1, 0.15) is 0 Å². The molecular formula is C46H92O. The van der Waals surface area contributed by atoms with Crippen LogP contribution in [0.2, 0.25) is 0 Å². The maximum absolute atomic E-state index is 6.81. The summed E-state index contributed by atoms with van der Waals surface area (Å²) in [6.45, 7) is 8.00. The van der Waals surface area contributed by atoms with E-state index in [0.29, 0.717) is 0 Å². The molecule has 1 nitrogen and oxygen atoms in total. The lowest BCUT2D eigenvalue weighted by Gasteiger charge is -2.35. The molecule has 0 aromatic carbocycles. The average molecular weight is 661 g/mol. The predicted octanol–water partition coefficient (Wildman–Crippen LogP) is 17.0. The van der Waals surface area contributed by atoms with Gasteiger partial charge in [-0.1, -0.05) is 252 Å². The van der Waals surface area contributed by atoms with Gasteiger partial charge in [-0.25, -0.2) is 0 Å². The van der Waals surface area contributed by atoms with Crippen LogP contribution in [0.15, 0.2) is 0 Å². The van der Waals surface area contributed by atoms with Crippen LogP contribution in [0.5, 0.6) is 0 Å². The number of rotatable bonds is 39. The molecule has 1 aliphatic heterocycles. The van der Waals surface area contributed by atoms with E-state index in [2.05, 4.69) is 20.8 Å². The molecule has 1 heteroatoms. The van der Waals surface area contributed by atoms with Crippen molar-refractivity contribution in [1.82, 2.24) is 0 Å². The van der Waals surface area contributed by atoms with Crippen molar-refractivity contribution in [3.8, 4) is 0 Å². The van der Waals surface area contributed by atoms with Gasteiger partial charge in [-0.05, 0) is 31.6 Å². The molecule has 0 radical (unpaired) electrons. The minimum absolute atomic E-state index is 0.231. The first-order valence-corrected chi connectivity index (χ1v) is 22.9. The third-order valence-electron chi connectivity index (χ3n) is 11.9. The summed E-state index contributed by atoms with van der Waals surface area (Å²) >= 11 is 0. The second-order valence-corrected chi connectivity index (χ2v) is 16.4. The van der Waals surface area contributed by atoms with E-state index >= 15 is 0 Å². The predicted molar refractivity (Wildman–Crippen MR) is 214 cm³/mol. The van der Waals surface area contributed by atoms with Crippen molar-refractivity contribution in [2.24, 2.45) is 5.92 Å². The Morgan fingerprint density at radius 2 is 0.596 bits per heavy atom. The summed E-state index contributed by atoms with van der Waals surface area (Å²) in [7, 11) is 0. The lowest BCUT2D eigenvalue weighted by molar-refractivity contribution is -0.0413. The maximum Gasteiger partial charge on any atom is 0.0711 e. The molecule has 1 unspecified atom stereocenters. The van der Waals surface area contributed by atoms with Crippen LogP contribution < -0.4 is 0 Å². The lowest BCUT2D eigenvalue weighted by Crippen LogP contribution is -2.35. The zero-order valence-corrected chi connectivity index (χ0v) is 33.5. The highest BCUT2D eigenvalue weighted by Crippen LogP contribution is 2.43. The van der Waals surface area contributed by atoms with Gasteiger partial charge in [0.25, 0.3) is 0 Å². The van der Waals surface area contributed by atoms with Gasteiger partial charge in [-0.2, -0.15) is 0 Å². The van der Waals surface area contributed by atoms with Gasteiger partial charge in [0.15, 0.2) is 0 Å². The lowest BCUT2D eigenvalue weighted by atomic mass is 9.76. The number of unbranched alkanes of at least 4 members (excludes halogenated alkanes) is 33. The fraction of sp³-hybridized carbons (Fsp3) is 1.00. The fourth-order valence-electron chi connectivity index (χ4n) is 8.63. The molecule has 1 atom stereocenters. The first kappa shape index (κ1) is 45.0. The molecule has 0 amide bonds. The second-order valence-electron chi connectivity index (χ2n) is 16.4. The van der Waals surface area contributed by atoms with Crippen molar-refractivity contribution in [2.45, 2.75) is 283 Å². The van der Waals surface area contributed by atoms with Crippen LogP contribution in [0, 0.1) is 5.92 Å². The van der Waals surface area contributed by atoms with Crippen LogP contribution >= 0.6 is 0 Å². The van der Waals surface area contributed by atoms with Gasteiger partial charge in [-0.15, -0.1) is 0 Å². The largest absolute Gasteiger partial charge is 0.375 e. The van der Waals surface area contributed by atoms with Crippen molar-refractivity contribution in [1.29, 1.82) is 0 Å². The Morgan fingerprint density at radius 3 is 0.894 bits per heavy atom. The van der Waals surface area contributed by atoms with Crippen LogP contribution in [0.3, 0.4) is 0 Å². The van der Waals surface area contributed by atoms with Gasteiger partial charge in [0.2, 0.25) is 0 Å². The average Bonchev–Trinajstić information content (AvgIpc) is 3.48. The summed E-state index contributed by atoms with van der Waals surface area (Å²) in [6, 6.07) is 0. The van der Waals surface area contributed by atoms with E-state index in [4.69, 9.17) is 4.74 Å². The first-order valence-electron chi connectivity index (χ1n) is 22.9. The highest BCUT2D eigenvalue weighted by Gasteiger charge is 2.42. The topological polar surface area (TPSA) is 9.23 Å². The van der Waals surface area contributed by atoms with E-state index in [9.17, 15) is 0 Å². The summed E-state index contributed by atoms with van der Waals surface area (Å²) in [5, 5.41) is 0. The number of hydrogen-bond acceptors (Lipinski definition) is 1. The van der Waals surface area contributed by atoms with Crippen molar-refractivity contribution < 1.29 is 4.74 Å². The molecule has 0 aliphatic carbocycles. The normalized spacial score (nSPS) is 16.0. The van der Waals surface area contributed by atoms with Gasteiger partial charge in [0, 0.05) is 6.61 Å². The molecule has 0 saturated carbocycles. The first-order chi connectivity index (χ1) is 23.3. The summed E-state index contributed by atoms with van der Waals surface area (Å²) in [6.07, 6.45) is 57.7. The molecule has 1 heterocycles. The highest BCUT2D eigenvalue weighted by molar-refractivity contribution is 4.92. The number of hydrogen-bond donors (Lipinski definition) is 0. The van der Waals surface area contributed by atoms with Gasteiger partial charge < -0.3 is 4.74 Å². The van der Waals surface area contributed by atoms with Gasteiger partial charge >= 0.3 is 0 Å². The quantitative estimate of drug-likeness (QED) is 0.0596. The number of ether oxygens (including phenoxy) is 1. The Morgan fingerprint density at radius 1 is 0.340 bits per heavy atom. The zero-order chi connectivity index (χ0) is 33.8. The molecule has 0 bridgehead atoms. The van der Waals surface area contributed by atoms with E-state index in [1.165, 1.54) is 257 Å². The molecule has 47 heavy (non-hydrogen) atoms. The monoisotopic (exact) mass is 661 g/mol. The molecular weight excluding hydrogens is 569 g/mol. The van der Waals surface area contributed by atoms with Gasteiger partial charge in [-0.3, -0.25) is 0 Å². The van der Waals surface area contributed by atoms with Crippen molar-refractivity contribution in [2.75, 3.05) is 6.61 Å². The summed E-state index contributed by atoms with van der Waals surface area (Å²) < 4.78 is 6.81. The van der Waals surface area contributed by atoms with E-state index in [0.717, 1.165) is 12.5 Å². The smallest absolute Gasteiger partial charge is 0.0711 e. The summed E-state index contributed by atoms with van der Waals surface area (Å²) in [5.41, 5.74) is 0.231. The maximum atomic E-state index is 6.81. The highest BCUT2D eigenvalue weighted by atomic mass is 16.5. The third kappa shape index (κ3) is 27.4. The Labute approximate surface area is 299 Å². The molecule has 1 aliphatic rings. The summed E-state index contributed by atoms with van der Waals surface area (Å²) in [5.74, 6) is 0.839. The molecule has 282 valence electrons. The Kier molecular flexibility index (Phi) is 34.2. The van der Waals surface area contributed by atoms with Crippen LogP contribution in [0.1, 0.15) is 278 Å². The SMILES string of the molecule is CCCCCCCCCCCCCCC1CCOC1(CCCCCCCCCCCCCC)CCCCCCCCCCCCCC. The van der Waals surface area contributed by atoms with E-state index < -0.39 is 0 Å². The van der Waals surface area contributed by atoms with Crippen molar-refractivity contribution >= 4 is 0 Å². The van der Waals surface area contributed by atoms with Crippen LogP contribution in [0.4, 0.5) is 0 Å². The fourth-order valence-corrected chi connectivity index (χ4v) is 8.63. The standard InChI is InChI=1S/C46H92O/c1-4-7-10-13-16-19-22-25-28-31-34-37-40-45-41-44-47-46(45,42-38-35-32-29-26-23-20-17-14-11-8-5-2)43-39-36-33-30-27-24-21-18-15-12-9-6-3/h45H,4-44H2,1-3H3. The third-order valence-corrected chi connectivity index (χ3v) is 11.9. The zero-order valence-electron chi connectivity index (χ0n) is 33.5. The van der Waals surface area contributed by atoms with Crippen molar-refractivity contribution in [3.05, 3.63) is 0 Å². The van der Waals surface area contributed by atoms with Crippen LogP contribution in [0.25, 0.3) is 0 Å². The van der Waals surface area contributed by atoms with Gasteiger partial charge in [0.05, 0.1) is 5.60 Å². The van der Waals surface area contributed by atoms with E-state index in [-0.39, 0.29) is 5.60 Å². The molecule has 0 aromatic heterocycles. The van der Waals surface area contributed by atoms with Crippen molar-refractivity contribution in [3.63, 3.8) is 0 Å². The summed E-state index contributed by atoms with van der Waals surface area (Å²) in [4.78, 5) is 0.